The van der Waals surface area contributed by atoms with Gasteiger partial charge in [-0.1, -0.05) is 42.0 Å². The molecule has 2 rings (SSSR count). The number of hydrogen-bond acceptors (Lipinski definition) is 4. The number of rotatable bonds is 6. The molecule has 0 aromatic heterocycles. The van der Waals surface area contributed by atoms with Gasteiger partial charge in [-0.05, 0) is 37.1 Å². The Morgan fingerprint density at radius 3 is 2.42 bits per heavy atom. The normalized spacial score (nSPS) is 11.6. The van der Waals surface area contributed by atoms with Crippen LogP contribution < -0.4 is 10.1 Å². The Kier molecular flexibility index (Phi) is 5.83. The van der Waals surface area contributed by atoms with Crippen molar-refractivity contribution in [1.82, 2.24) is 10.1 Å². The second kappa shape index (κ2) is 7.85. The molecule has 0 atom stereocenters. The number of hydrogen-bond donors (Lipinski definition) is 2. The molecule has 0 aliphatic rings. The summed E-state index contributed by atoms with van der Waals surface area (Å²) in [4.78, 5) is 11.8. The molecule has 0 unspecified atom stereocenters. The number of benzene rings is 2. The molecule has 126 valence electrons. The van der Waals surface area contributed by atoms with E-state index < -0.39 is 15.9 Å². The van der Waals surface area contributed by atoms with E-state index in [9.17, 15) is 13.2 Å². The molecule has 0 saturated heterocycles. The molecule has 0 aliphatic heterocycles. The zero-order valence-electron chi connectivity index (χ0n) is 13.5. The van der Waals surface area contributed by atoms with Gasteiger partial charge in [0, 0.05) is 0 Å². The lowest BCUT2D eigenvalue weighted by molar-refractivity contribution is -0.119. The van der Waals surface area contributed by atoms with Gasteiger partial charge in [-0.3, -0.25) is 4.79 Å². The van der Waals surface area contributed by atoms with Crippen molar-refractivity contribution in [1.29, 1.82) is 0 Å². The second-order valence-electron chi connectivity index (χ2n) is 5.29. The third-order valence-corrected chi connectivity index (χ3v) is 4.75. The number of amides is 1. The van der Waals surface area contributed by atoms with Gasteiger partial charge in [-0.2, -0.15) is 5.10 Å². The van der Waals surface area contributed by atoms with E-state index in [0.717, 1.165) is 16.7 Å². The van der Waals surface area contributed by atoms with Gasteiger partial charge >= 0.3 is 0 Å². The topological polar surface area (TPSA) is 87.6 Å². The highest BCUT2D eigenvalue weighted by Crippen LogP contribution is 2.09. The molecule has 0 fully saturated rings. The minimum Gasteiger partial charge on any atom is -0.272 e. The zero-order valence-corrected chi connectivity index (χ0v) is 14.3. The number of carbonyl (C=O) groups is 1. The van der Waals surface area contributed by atoms with Crippen molar-refractivity contribution in [3.8, 4) is 0 Å². The lowest BCUT2D eigenvalue weighted by Gasteiger charge is -2.06. The molecular weight excluding hydrogens is 326 g/mol. The van der Waals surface area contributed by atoms with Crippen LogP contribution >= 0.6 is 0 Å². The molecule has 6 nitrogen and oxygen atoms in total. The summed E-state index contributed by atoms with van der Waals surface area (Å²) in [5, 5.41) is 3.83. The molecule has 0 aliphatic carbocycles. The van der Waals surface area contributed by atoms with Gasteiger partial charge in [0.25, 0.3) is 5.91 Å². The van der Waals surface area contributed by atoms with E-state index in [1.807, 2.05) is 38.1 Å². The van der Waals surface area contributed by atoms with Crippen molar-refractivity contribution in [3.63, 3.8) is 0 Å². The summed E-state index contributed by atoms with van der Waals surface area (Å²) in [5.41, 5.74) is 5.15. The number of sulfonamides is 1. The van der Waals surface area contributed by atoms with Crippen LogP contribution in [-0.2, 0) is 14.8 Å². The SMILES string of the molecule is Cc1ccc(S(=O)(=O)NCC(=O)N/N=C/c2ccccc2C)cc1. The predicted molar refractivity (Wildman–Crippen MR) is 93.3 cm³/mol. The number of aryl methyl sites for hydroxylation is 2. The summed E-state index contributed by atoms with van der Waals surface area (Å²) in [6, 6.07) is 13.9. The van der Waals surface area contributed by atoms with Crippen LogP contribution in [0, 0.1) is 13.8 Å². The molecule has 7 heteroatoms. The first-order chi connectivity index (χ1) is 11.4. The Morgan fingerprint density at radius 2 is 1.75 bits per heavy atom. The van der Waals surface area contributed by atoms with Gasteiger partial charge < -0.3 is 0 Å². The van der Waals surface area contributed by atoms with E-state index in [0.29, 0.717) is 0 Å². The molecule has 24 heavy (non-hydrogen) atoms. The van der Waals surface area contributed by atoms with Crippen LogP contribution in [0.5, 0.6) is 0 Å². The zero-order chi connectivity index (χ0) is 17.6. The van der Waals surface area contributed by atoms with Crippen LogP contribution in [-0.4, -0.2) is 27.1 Å². The van der Waals surface area contributed by atoms with E-state index in [4.69, 9.17) is 0 Å². The third kappa shape index (κ3) is 5.00. The first-order valence-corrected chi connectivity index (χ1v) is 8.81. The molecule has 2 N–H and O–H groups in total. The first kappa shape index (κ1) is 17.8. The standard InChI is InChI=1S/C17H19N3O3S/c1-13-7-9-16(10-8-13)24(22,23)19-12-17(21)20-18-11-15-6-4-3-5-14(15)2/h3-11,19H,12H2,1-2H3,(H,20,21)/b18-11+. The molecule has 0 saturated carbocycles. The monoisotopic (exact) mass is 345 g/mol. The Bertz CT molecular complexity index is 844. The summed E-state index contributed by atoms with van der Waals surface area (Å²) in [5.74, 6) is -0.546. The van der Waals surface area contributed by atoms with Gasteiger partial charge in [0.05, 0.1) is 17.7 Å². The predicted octanol–water partition coefficient (Wildman–Crippen LogP) is 1.73. The summed E-state index contributed by atoms with van der Waals surface area (Å²) in [6.07, 6.45) is 1.52. The number of carbonyl (C=O) groups excluding carboxylic acids is 1. The van der Waals surface area contributed by atoms with E-state index in [-0.39, 0.29) is 11.4 Å². The van der Waals surface area contributed by atoms with Crippen molar-refractivity contribution >= 4 is 22.1 Å². The van der Waals surface area contributed by atoms with Gasteiger partial charge in [-0.15, -0.1) is 0 Å². The maximum Gasteiger partial charge on any atom is 0.255 e. The molecule has 1 amide bonds. The fourth-order valence-corrected chi connectivity index (χ4v) is 2.89. The van der Waals surface area contributed by atoms with E-state index in [1.54, 1.807) is 12.1 Å². The summed E-state index contributed by atoms with van der Waals surface area (Å²) in [7, 11) is -3.72. The highest BCUT2D eigenvalue weighted by molar-refractivity contribution is 7.89. The number of nitrogens with one attached hydrogen (secondary N) is 2. The van der Waals surface area contributed by atoms with Crippen LogP contribution in [0.1, 0.15) is 16.7 Å². The van der Waals surface area contributed by atoms with Gasteiger partial charge in [0.2, 0.25) is 10.0 Å². The molecular formula is C17H19N3O3S. The minimum absolute atomic E-state index is 0.115. The summed E-state index contributed by atoms with van der Waals surface area (Å²) >= 11 is 0. The van der Waals surface area contributed by atoms with Crippen molar-refractivity contribution < 1.29 is 13.2 Å². The highest BCUT2D eigenvalue weighted by atomic mass is 32.2. The highest BCUT2D eigenvalue weighted by Gasteiger charge is 2.14. The largest absolute Gasteiger partial charge is 0.272 e. The Hall–Kier alpha value is -2.51. The third-order valence-electron chi connectivity index (χ3n) is 3.34. The molecule has 0 radical (unpaired) electrons. The van der Waals surface area contributed by atoms with Crippen LogP contribution in [0.2, 0.25) is 0 Å². The van der Waals surface area contributed by atoms with Crippen molar-refractivity contribution in [3.05, 3.63) is 65.2 Å². The minimum atomic E-state index is -3.72. The molecule has 2 aromatic carbocycles. The lowest BCUT2D eigenvalue weighted by atomic mass is 10.1. The van der Waals surface area contributed by atoms with Crippen LogP contribution in [0.15, 0.2) is 58.5 Å². The van der Waals surface area contributed by atoms with Crippen molar-refractivity contribution in [2.24, 2.45) is 5.10 Å². The van der Waals surface area contributed by atoms with E-state index in [1.165, 1.54) is 18.3 Å². The van der Waals surface area contributed by atoms with Crippen LogP contribution in [0.3, 0.4) is 0 Å². The van der Waals surface area contributed by atoms with Gasteiger partial charge in [0.1, 0.15) is 0 Å². The lowest BCUT2D eigenvalue weighted by Crippen LogP contribution is -2.34. The number of hydrazone groups is 1. The molecule has 0 spiro atoms. The average Bonchev–Trinajstić information content (AvgIpc) is 2.55. The molecule has 0 heterocycles. The average molecular weight is 345 g/mol. The smallest absolute Gasteiger partial charge is 0.255 e. The summed E-state index contributed by atoms with van der Waals surface area (Å²) in [6.45, 7) is 3.41. The van der Waals surface area contributed by atoms with Gasteiger partial charge in [0.15, 0.2) is 0 Å². The molecule has 2 aromatic rings. The fourth-order valence-electron chi connectivity index (χ4n) is 1.91. The maximum atomic E-state index is 12.1. The number of nitrogens with zero attached hydrogens (tertiary/aromatic N) is 1. The van der Waals surface area contributed by atoms with Gasteiger partial charge in [-0.25, -0.2) is 18.6 Å². The van der Waals surface area contributed by atoms with Crippen LogP contribution in [0.4, 0.5) is 0 Å². The maximum absolute atomic E-state index is 12.1. The van der Waals surface area contributed by atoms with E-state index in [2.05, 4.69) is 15.2 Å². The second-order valence-corrected chi connectivity index (χ2v) is 7.05. The quantitative estimate of drug-likeness (QED) is 0.617. The Morgan fingerprint density at radius 1 is 1.08 bits per heavy atom. The Labute approximate surface area is 141 Å². The summed E-state index contributed by atoms with van der Waals surface area (Å²) < 4.78 is 26.4. The van der Waals surface area contributed by atoms with E-state index >= 15 is 0 Å². The van der Waals surface area contributed by atoms with Crippen molar-refractivity contribution in [2.45, 2.75) is 18.7 Å². The Balaban J connectivity index is 1.89. The molecule has 0 bridgehead atoms. The fraction of sp³-hybridized carbons (Fsp3) is 0.176. The van der Waals surface area contributed by atoms with Crippen LogP contribution in [0.25, 0.3) is 0 Å². The first-order valence-electron chi connectivity index (χ1n) is 7.32. The van der Waals surface area contributed by atoms with Crippen molar-refractivity contribution in [2.75, 3.05) is 6.54 Å².